The van der Waals surface area contributed by atoms with Crippen molar-refractivity contribution >= 4 is 16.9 Å². The molecular weight excluding hydrogens is 338 g/mol. The summed E-state index contributed by atoms with van der Waals surface area (Å²) in [5.74, 6) is 1.84. The van der Waals surface area contributed by atoms with Crippen molar-refractivity contribution < 1.29 is 4.74 Å². The van der Waals surface area contributed by atoms with E-state index in [0.29, 0.717) is 5.41 Å². The Balaban J connectivity index is 1.56. The van der Waals surface area contributed by atoms with Crippen molar-refractivity contribution in [3.8, 4) is 11.4 Å². The van der Waals surface area contributed by atoms with Gasteiger partial charge in [0.1, 0.15) is 0 Å². The number of nitrogens with one attached hydrogen (secondary N) is 1. The number of fused-ring (bicyclic) bond motifs is 1. The third kappa shape index (κ3) is 2.75. The van der Waals surface area contributed by atoms with Gasteiger partial charge in [-0.25, -0.2) is 0 Å². The number of ether oxygens (including phenoxy) is 1. The maximum absolute atomic E-state index is 5.69. The summed E-state index contributed by atoms with van der Waals surface area (Å²) in [7, 11) is 0. The molecule has 2 fully saturated rings. The second kappa shape index (κ2) is 6.23. The van der Waals surface area contributed by atoms with Gasteiger partial charge in [0, 0.05) is 54.3 Å². The Morgan fingerprint density at radius 2 is 2.19 bits per heavy atom. The van der Waals surface area contributed by atoms with Gasteiger partial charge in [-0.15, -0.1) is 10.2 Å². The lowest BCUT2D eigenvalue weighted by atomic mass is 9.87. The Morgan fingerprint density at radius 3 is 3.00 bits per heavy atom. The molecule has 2 saturated heterocycles. The van der Waals surface area contributed by atoms with Crippen LogP contribution in [-0.2, 0) is 11.3 Å². The van der Waals surface area contributed by atoms with Crippen LogP contribution in [0.15, 0.2) is 42.6 Å². The number of rotatable bonds is 4. The zero-order valence-corrected chi connectivity index (χ0v) is 15.7. The number of nitrogens with zero attached hydrogens (tertiary/aromatic N) is 4. The lowest BCUT2D eigenvalue weighted by Crippen LogP contribution is -2.29. The molecule has 2 aromatic heterocycles. The van der Waals surface area contributed by atoms with E-state index in [1.807, 2.05) is 12.3 Å². The molecule has 0 saturated carbocycles. The molecule has 1 spiro atoms. The van der Waals surface area contributed by atoms with E-state index >= 15 is 0 Å². The minimum atomic E-state index is 0.293. The first-order chi connectivity index (χ1) is 13.2. The third-order valence-electron chi connectivity index (χ3n) is 5.90. The van der Waals surface area contributed by atoms with Crippen molar-refractivity contribution in [3.05, 3.63) is 42.6 Å². The lowest BCUT2D eigenvalue weighted by molar-refractivity contribution is 0.160. The van der Waals surface area contributed by atoms with Gasteiger partial charge < -0.3 is 14.6 Å². The lowest BCUT2D eigenvalue weighted by Gasteiger charge is -2.23. The molecule has 27 heavy (non-hydrogen) atoms. The summed E-state index contributed by atoms with van der Waals surface area (Å²) in [6, 6.07) is 8.31. The van der Waals surface area contributed by atoms with Gasteiger partial charge in [-0.05, 0) is 25.8 Å². The van der Waals surface area contributed by atoms with E-state index in [9.17, 15) is 0 Å². The molecule has 1 unspecified atom stereocenters. The summed E-state index contributed by atoms with van der Waals surface area (Å²) in [5, 5.41) is 10.4. The zero-order valence-electron chi connectivity index (χ0n) is 15.7. The summed E-state index contributed by atoms with van der Waals surface area (Å²) in [5.41, 5.74) is 3.59. The Morgan fingerprint density at radius 1 is 1.30 bits per heavy atom. The number of benzene rings is 1. The van der Waals surface area contributed by atoms with Gasteiger partial charge >= 0.3 is 0 Å². The number of aromatic nitrogens is 4. The minimum Gasteiger partial charge on any atom is -0.381 e. The molecule has 0 radical (unpaired) electrons. The molecule has 2 aliphatic rings. The Kier molecular flexibility index (Phi) is 3.82. The number of aromatic amines is 1. The molecule has 5 rings (SSSR count). The molecule has 140 valence electrons. The van der Waals surface area contributed by atoms with Gasteiger partial charge in [0.25, 0.3) is 0 Å². The largest absolute Gasteiger partial charge is 0.381 e. The fraction of sp³-hybridized carbons (Fsp3) is 0.429. The number of hydrogen-bond acceptors (Lipinski definition) is 4. The number of hydrogen-bond donors (Lipinski definition) is 1. The van der Waals surface area contributed by atoms with Crippen LogP contribution < -0.4 is 4.90 Å². The standard InChI is InChI=1S/C21H25N5O/c1-15(2)12-26-19(17-11-22-18-6-4-3-5-16(17)18)23-24-20(26)25-9-7-21(13-25)8-10-27-14-21/h3-6,11,22H,1,7-10,12-14H2,2H3. The topological polar surface area (TPSA) is 59.0 Å². The van der Waals surface area contributed by atoms with Crippen LogP contribution in [0.4, 0.5) is 5.95 Å². The molecule has 4 heterocycles. The van der Waals surface area contributed by atoms with Crippen molar-refractivity contribution in [2.24, 2.45) is 5.41 Å². The monoisotopic (exact) mass is 363 g/mol. The highest BCUT2D eigenvalue weighted by Gasteiger charge is 2.42. The van der Waals surface area contributed by atoms with E-state index in [1.165, 1.54) is 5.39 Å². The normalized spacial score (nSPS) is 22.3. The predicted molar refractivity (Wildman–Crippen MR) is 107 cm³/mol. The SMILES string of the molecule is C=C(C)Cn1c(-c2c[nH]c3ccccc23)nnc1N1CCC2(CCOC2)C1. The van der Waals surface area contributed by atoms with Crippen molar-refractivity contribution in [2.45, 2.75) is 26.3 Å². The first kappa shape index (κ1) is 16.6. The quantitative estimate of drug-likeness (QED) is 0.719. The maximum Gasteiger partial charge on any atom is 0.227 e. The van der Waals surface area contributed by atoms with Crippen LogP contribution in [0.3, 0.4) is 0 Å². The molecule has 1 N–H and O–H groups in total. The first-order valence-corrected chi connectivity index (χ1v) is 9.62. The summed E-state index contributed by atoms with van der Waals surface area (Å²) >= 11 is 0. The predicted octanol–water partition coefficient (Wildman–Crippen LogP) is 3.62. The maximum atomic E-state index is 5.69. The van der Waals surface area contributed by atoms with Crippen LogP contribution in [0.1, 0.15) is 19.8 Å². The summed E-state index contributed by atoms with van der Waals surface area (Å²) in [6.07, 6.45) is 4.34. The van der Waals surface area contributed by atoms with E-state index in [0.717, 1.165) is 74.1 Å². The molecule has 2 aliphatic heterocycles. The second-order valence-electron chi connectivity index (χ2n) is 8.09. The summed E-state index contributed by atoms with van der Waals surface area (Å²) in [4.78, 5) is 5.73. The van der Waals surface area contributed by atoms with Gasteiger partial charge in [0.05, 0.1) is 6.61 Å². The molecule has 6 nitrogen and oxygen atoms in total. The highest BCUT2D eigenvalue weighted by molar-refractivity contribution is 5.94. The molecule has 0 aliphatic carbocycles. The van der Waals surface area contributed by atoms with E-state index in [4.69, 9.17) is 4.74 Å². The molecule has 3 aromatic rings. The van der Waals surface area contributed by atoms with Crippen LogP contribution in [0.5, 0.6) is 0 Å². The molecule has 0 amide bonds. The van der Waals surface area contributed by atoms with Crippen LogP contribution in [0.25, 0.3) is 22.3 Å². The highest BCUT2D eigenvalue weighted by Crippen LogP contribution is 2.40. The van der Waals surface area contributed by atoms with Crippen molar-refractivity contribution in [3.63, 3.8) is 0 Å². The van der Waals surface area contributed by atoms with Crippen molar-refractivity contribution in [2.75, 3.05) is 31.2 Å². The summed E-state index contributed by atoms with van der Waals surface area (Å²) < 4.78 is 7.90. The fourth-order valence-electron chi connectivity index (χ4n) is 4.48. The number of allylic oxidation sites excluding steroid dienone is 1. The van der Waals surface area contributed by atoms with Crippen LogP contribution >= 0.6 is 0 Å². The van der Waals surface area contributed by atoms with Gasteiger partial charge in [0.15, 0.2) is 5.82 Å². The van der Waals surface area contributed by atoms with E-state index in [1.54, 1.807) is 0 Å². The molecule has 6 heteroatoms. The second-order valence-corrected chi connectivity index (χ2v) is 8.09. The van der Waals surface area contributed by atoms with Crippen LogP contribution in [-0.4, -0.2) is 46.1 Å². The smallest absolute Gasteiger partial charge is 0.227 e. The number of para-hydroxylation sites is 1. The van der Waals surface area contributed by atoms with E-state index in [-0.39, 0.29) is 0 Å². The van der Waals surface area contributed by atoms with Crippen LogP contribution in [0, 0.1) is 5.41 Å². The van der Waals surface area contributed by atoms with Crippen LogP contribution in [0.2, 0.25) is 0 Å². The average Bonchev–Trinajstić information content (AvgIpc) is 3.43. The minimum absolute atomic E-state index is 0.293. The van der Waals surface area contributed by atoms with Gasteiger partial charge in [-0.2, -0.15) is 0 Å². The van der Waals surface area contributed by atoms with E-state index < -0.39 is 0 Å². The Bertz CT molecular complexity index is 995. The summed E-state index contributed by atoms with van der Waals surface area (Å²) in [6.45, 7) is 10.7. The van der Waals surface area contributed by atoms with Gasteiger partial charge in [-0.3, -0.25) is 4.57 Å². The number of anilines is 1. The van der Waals surface area contributed by atoms with Crippen molar-refractivity contribution in [1.29, 1.82) is 0 Å². The zero-order chi connectivity index (χ0) is 18.4. The highest BCUT2D eigenvalue weighted by atomic mass is 16.5. The van der Waals surface area contributed by atoms with Gasteiger partial charge in [0.2, 0.25) is 5.95 Å². The molecule has 0 bridgehead atoms. The molecule has 1 aromatic carbocycles. The van der Waals surface area contributed by atoms with Gasteiger partial charge in [-0.1, -0.05) is 30.4 Å². The van der Waals surface area contributed by atoms with Crippen molar-refractivity contribution in [1.82, 2.24) is 19.7 Å². The Hall–Kier alpha value is -2.60. The Labute approximate surface area is 158 Å². The third-order valence-corrected chi connectivity index (χ3v) is 5.90. The van der Waals surface area contributed by atoms with E-state index in [2.05, 4.69) is 56.4 Å². The molecular formula is C21H25N5O. The number of H-pyrrole nitrogens is 1. The fourth-order valence-corrected chi connectivity index (χ4v) is 4.48. The molecule has 1 atom stereocenters. The average molecular weight is 363 g/mol. The first-order valence-electron chi connectivity index (χ1n) is 9.62.